The van der Waals surface area contributed by atoms with Crippen molar-refractivity contribution in [3.63, 3.8) is 0 Å². The van der Waals surface area contributed by atoms with Gasteiger partial charge in [-0.1, -0.05) is 0 Å². The maximum atomic E-state index is 9.82. The predicted molar refractivity (Wildman–Crippen MR) is 39.6 cm³/mol. The largest absolute Gasteiger partial charge is 0.518 e. The van der Waals surface area contributed by atoms with E-state index < -0.39 is 5.82 Å². The van der Waals surface area contributed by atoms with Gasteiger partial charge in [0.1, 0.15) is 12.5 Å². The van der Waals surface area contributed by atoms with Crippen molar-refractivity contribution in [1.82, 2.24) is 0 Å². The van der Waals surface area contributed by atoms with Crippen LogP contribution in [0.1, 0.15) is 13.8 Å². The molecular formula is C7H10O5. The van der Waals surface area contributed by atoms with Crippen LogP contribution in [0.4, 0.5) is 0 Å². The molecule has 0 bridgehead atoms. The Morgan fingerprint density at radius 3 is 2.08 bits per heavy atom. The number of hydrogen-bond acceptors (Lipinski definition) is 5. The Kier molecular flexibility index (Phi) is 5.42. The summed E-state index contributed by atoms with van der Waals surface area (Å²) >= 11 is 0. The van der Waals surface area contributed by atoms with Crippen molar-refractivity contribution in [3.8, 4) is 0 Å². The second kappa shape index (κ2) is 6.21. The van der Waals surface area contributed by atoms with Gasteiger partial charge in [-0.2, -0.15) is 0 Å². The quantitative estimate of drug-likeness (QED) is 0.589. The molecule has 1 heterocycles. The summed E-state index contributed by atoms with van der Waals surface area (Å²) in [5.74, 6) is -0.868. The Balaban J connectivity index is 0.000000202. The molecule has 1 aromatic rings. The average Bonchev–Trinajstić information content (AvgIpc) is 2.40. The Hall–Kier alpha value is -1.52. The smallest absolute Gasteiger partial charge is 0.466 e. The van der Waals surface area contributed by atoms with Crippen LogP contribution < -0.4 is 5.82 Å². The third kappa shape index (κ3) is 6.60. The maximum absolute atomic E-state index is 9.82. The van der Waals surface area contributed by atoms with E-state index in [0.29, 0.717) is 6.61 Å². The zero-order valence-corrected chi connectivity index (χ0v) is 6.90. The normalized spacial score (nSPS) is 8.17. The number of esters is 1. The van der Waals surface area contributed by atoms with Crippen molar-refractivity contribution in [3.05, 3.63) is 23.1 Å². The molecule has 5 nitrogen and oxygen atoms in total. The van der Waals surface area contributed by atoms with Gasteiger partial charge in [-0.15, -0.1) is 0 Å². The standard InChI is InChI=1S/C4H8O2.C3H2O3/c1-3-6-4(2)5;4-3-5-1-2-6-3/h3H2,1-2H3;1-2H. The molecule has 0 aliphatic carbocycles. The molecule has 0 amide bonds. The van der Waals surface area contributed by atoms with Crippen LogP contribution in [-0.4, -0.2) is 12.6 Å². The molecule has 1 rings (SSSR count). The Bertz CT molecular complexity index is 242. The first-order valence-corrected chi connectivity index (χ1v) is 3.32. The van der Waals surface area contributed by atoms with Crippen molar-refractivity contribution >= 4 is 5.97 Å². The monoisotopic (exact) mass is 174 g/mol. The van der Waals surface area contributed by atoms with E-state index in [1.807, 2.05) is 0 Å². The van der Waals surface area contributed by atoms with Gasteiger partial charge in [-0.05, 0) is 6.92 Å². The lowest BCUT2D eigenvalue weighted by atomic mass is 10.8. The molecule has 0 aromatic carbocycles. The van der Waals surface area contributed by atoms with Gasteiger partial charge in [-0.3, -0.25) is 4.79 Å². The topological polar surface area (TPSA) is 69.7 Å². The van der Waals surface area contributed by atoms with E-state index >= 15 is 0 Å². The van der Waals surface area contributed by atoms with Gasteiger partial charge >= 0.3 is 11.8 Å². The van der Waals surface area contributed by atoms with E-state index in [0.717, 1.165) is 0 Å². The molecular weight excluding hydrogens is 164 g/mol. The molecule has 0 aliphatic rings. The molecule has 5 heteroatoms. The number of carbonyl (C=O) groups excluding carboxylic acids is 1. The van der Waals surface area contributed by atoms with E-state index in [4.69, 9.17) is 0 Å². The molecule has 0 spiro atoms. The molecule has 0 N–H and O–H groups in total. The Labute approximate surface area is 68.9 Å². The minimum atomic E-state index is -0.657. The molecule has 1 aromatic heterocycles. The van der Waals surface area contributed by atoms with E-state index in [9.17, 15) is 9.59 Å². The number of hydrogen-bond donors (Lipinski definition) is 0. The highest BCUT2D eigenvalue weighted by atomic mass is 16.5. The summed E-state index contributed by atoms with van der Waals surface area (Å²) in [6, 6.07) is 0. The minimum absolute atomic E-state index is 0.211. The first kappa shape index (κ1) is 10.5. The lowest BCUT2D eigenvalue weighted by Crippen LogP contribution is -1.95. The summed E-state index contributed by atoms with van der Waals surface area (Å²) in [6.45, 7) is 3.65. The Morgan fingerprint density at radius 2 is 2.00 bits per heavy atom. The zero-order chi connectivity index (χ0) is 9.40. The number of carbonyl (C=O) groups is 1. The molecule has 0 atom stereocenters. The van der Waals surface area contributed by atoms with Gasteiger partial charge in [0.2, 0.25) is 0 Å². The van der Waals surface area contributed by atoms with Crippen LogP contribution in [0.5, 0.6) is 0 Å². The molecule has 0 fully saturated rings. The van der Waals surface area contributed by atoms with Gasteiger partial charge in [-0.25, -0.2) is 4.79 Å². The molecule has 0 aliphatic heterocycles. The third-order valence-corrected chi connectivity index (χ3v) is 0.732. The first-order valence-electron chi connectivity index (χ1n) is 3.32. The van der Waals surface area contributed by atoms with Crippen molar-refractivity contribution < 1.29 is 18.4 Å². The summed E-state index contributed by atoms with van der Waals surface area (Å²) in [6.07, 6.45) is 2.37. The van der Waals surface area contributed by atoms with Gasteiger partial charge in [0.25, 0.3) is 0 Å². The highest BCUT2D eigenvalue weighted by Gasteiger charge is 1.81. The van der Waals surface area contributed by atoms with E-state index in [2.05, 4.69) is 13.6 Å². The zero-order valence-electron chi connectivity index (χ0n) is 6.90. The van der Waals surface area contributed by atoms with Gasteiger partial charge in [0.05, 0.1) is 6.61 Å². The fraction of sp³-hybridized carbons (Fsp3) is 0.429. The Morgan fingerprint density at radius 1 is 1.50 bits per heavy atom. The fourth-order valence-electron chi connectivity index (χ4n) is 0.398. The molecule has 12 heavy (non-hydrogen) atoms. The SMILES string of the molecule is CCOC(C)=O.O=c1occo1. The third-order valence-electron chi connectivity index (χ3n) is 0.732. The van der Waals surface area contributed by atoms with Crippen LogP contribution in [0, 0.1) is 0 Å². The fourth-order valence-corrected chi connectivity index (χ4v) is 0.398. The highest BCUT2D eigenvalue weighted by molar-refractivity contribution is 5.65. The summed E-state index contributed by atoms with van der Waals surface area (Å²) in [4.78, 5) is 19.6. The lowest BCUT2D eigenvalue weighted by molar-refractivity contribution is -0.140. The van der Waals surface area contributed by atoms with Crippen LogP contribution >= 0.6 is 0 Å². The molecule has 0 unspecified atom stereocenters. The molecule has 0 saturated heterocycles. The van der Waals surface area contributed by atoms with Crippen molar-refractivity contribution in [2.24, 2.45) is 0 Å². The van der Waals surface area contributed by atoms with Gasteiger partial charge in [0.15, 0.2) is 0 Å². The summed E-state index contributed by atoms with van der Waals surface area (Å²) in [5.41, 5.74) is 0. The van der Waals surface area contributed by atoms with Crippen LogP contribution in [0.25, 0.3) is 0 Å². The lowest BCUT2D eigenvalue weighted by Gasteiger charge is -1.89. The second-order valence-corrected chi connectivity index (χ2v) is 1.68. The van der Waals surface area contributed by atoms with Crippen LogP contribution in [-0.2, 0) is 9.53 Å². The van der Waals surface area contributed by atoms with Crippen LogP contribution in [0.3, 0.4) is 0 Å². The van der Waals surface area contributed by atoms with Crippen molar-refractivity contribution in [1.29, 1.82) is 0 Å². The minimum Gasteiger partial charge on any atom is -0.466 e. The van der Waals surface area contributed by atoms with E-state index in [1.54, 1.807) is 6.92 Å². The summed E-state index contributed by atoms with van der Waals surface area (Å²) in [7, 11) is 0. The molecule has 0 radical (unpaired) electrons. The predicted octanol–water partition coefficient (Wildman–Crippen LogP) is 0.802. The van der Waals surface area contributed by atoms with Crippen molar-refractivity contribution in [2.75, 3.05) is 6.61 Å². The van der Waals surface area contributed by atoms with E-state index in [1.165, 1.54) is 19.5 Å². The number of rotatable bonds is 1. The summed E-state index contributed by atoms with van der Waals surface area (Å²) in [5, 5.41) is 0. The summed E-state index contributed by atoms with van der Waals surface area (Å²) < 4.78 is 12.6. The van der Waals surface area contributed by atoms with Crippen LogP contribution in [0.2, 0.25) is 0 Å². The van der Waals surface area contributed by atoms with E-state index in [-0.39, 0.29) is 5.97 Å². The number of ether oxygens (including phenoxy) is 1. The second-order valence-electron chi connectivity index (χ2n) is 1.68. The van der Waals surface area contributed by atoms with Gasteiger partial charge in [0, 0.05) is 6.92 Å². The molecule has 0 saturated carbocycles. The van der Waals surface area contributed by atoms with Gasteiger partial charge < -0.3 is 13.6 Å². The van der Waals surface area contributed by atoms with Crippen LogP contribution in [0.15, 0.2) is 26.2 Å². The highest BCUT2D eigenvalue weighted by Crippen LogP contribution is 1.70. The molecule has 68 valence electrons. The van der Waals surface area contributed by atoms with Crippen molar-refractivity contribution in [2.45, 2.75) is 13.8 Å². The maximum Gasteiger partial charge on any atom is 0.518 e. The average molecular weight is 174 g/mol. The first-order chi connectivity index (χ1) is 5.66.